The van der Waals surface area contributed by atoms with E-state index in [2.05, 4.69) is 11.6 Å². The number of hydrogen-bond acceptors (Lipinski definition) is 3. The fourth-order valence-corrected chi connectivity index (χ4v) is 3.16. The number of pyridine rings is 1. The third-order valence-electron chi connectivity index (χ3n) is 4.20. The maximum absolute atomic E-state index is 12.4. The fraction of sp³-hybridized carbons (Fsp3) is 0.533. The number of alkyl halides is 3. The Morgan fingerprint density at radius 3 is 2.71 bits per heavy atom. The lowest BCUT2D eigenvalue weighted by molar-refractivity contribution is -0.152. The van der Waals surface area contributed by atoms with Gasteiger partial charge in [0.25, 0.3) is 0 Å². The maximum Gasteiger partial charge on any atom is 0.401 e. The van der Waals surface area contributed by atoms with Gasteiger partial charge in [0.1, 0.15) is 11.4 Å². The first-order valence-electron chi connectivity index (χ1n) is 6.97. The minimum atomic E-state index is -4.14. The van der Waals surface area contributed by atoms with Gasteiger partial charge in [-0.15, -0.1) is 0 Å². The number of nitrogens with zero attached hydrogens (tertiary/aromatic N) is 2. The van der Waals surface area contributed by atoms with E-state index in [1.54, 1.807) is 12.4 Å². The Balaban J connectivity index is 1.70. The maximum atomic E-state index is 12.4. The van der Waals surface area contributed by atoms with Crippen LogP contribution in [-0.4, -0.2) is 41.3 Å². The highest BCUT2D eigenvalue weighted by atomic mass is 19.4. The first kappa shape index (κ1) is 14.4. The zero-order valence-electron chi connectivity index (χ0n) is 11.6. The van der Waals surface area contributed by atoms with Crippen molar-refractivity contribution >= 4 is 5.57 Å². The topological polar surface area (TPSA) is 25.4 Å². The van der Waals surface area contributed by atoms with Crippen molar-refractivity contribution in [1.82, 2.24) is 9.88 Å². The number of aromatic nitrogens is 1. The van der Waals surface area contributed by atoms with Crippen LogP contribution in [0.2, 0.25) is 0 Å². The molecule has 21 heavy (non-hydrogen) atoms. The van der Waals surface area contributed by atoms with Crippen LogP contribution in [0, 0.1) is 0 Å². The van der Waals surface area contributed by atoms with Crippen molar-refractivity contribution in [2.45, 2.75) is 31.0 Å². The van der Waals surface area contributed by atoms with Crippen LogP contribution in [0.5, 0.6) is 5.75 Å². The molecule has 6 heteroatoms. The quantitative estimate of drug-likeness (QED) is 0.795. The minimum Gasteiger partial charge on any atom is -0.485 e. The largest absolute Gasteiger partial charge is 0.485 e. The van der Waals surface area contributed by atoms with E-state index >= 15 is 0 Å². The Morgan fingerprint density at radius 2 is 2.05 bits per heavy atom. The number of hydrogen-bond donors (Lipinski definition) is 0. The van der Waals surface area contributed by atoms with Gasteiger partial charge in [0.05, 0.1) is 12.7 Å². The number of halogens is 3. The summed E-state index contributed by atoms with van der Waals surface area (Å²) in [6.07, 6.45) is 1.04. The lowest BCUT2D eigenvalue weighted by Crippen LogP contribution is -2.51. The molecule has 0 aromatic carbocycles. The second-order valence-corrected chi connectivity index (χ2v) is 5.83. The van der Waals surface area contributed by atoms with Crippen molar-refractivity contribution in [1.29, 1.82) is 0 Å². The molecule has 1 aromatic heterocycles. The van der Waals surface area contributed by atoms with Crippen molar-refractivity contribution in [2.24, 2.45) is 0 Å². The molecule has 3 rings (SSSR count). The highest BCUT2D eigenvalue weighted by Gasteiger charge is 2.42. The van der Waals surface area contributed by atoms with Gasteiger partial charge >= 0.3 is 6.18 Å². The molecule has 3 heterocycles. The summed E-state index contributed by atoms with van der Waals surface area (Å²) in [6, 6.07) is 1.86. The van der Waals surface area contributed by atoms with Crippen molar-refractivity contribution in [3.63, 3.8) is 0 Å². The van der Waals surface area contributed by atoms with E-state index in [0.717, 1.165) is 11.1 Å². The zero-order chi connectivity index (χ0) is 15.1. The first-order chi connectivity index (χ1) is 9.87. The van der Waals surface area contributed by atoms with E-state index < -0.39 is 18.3 Å². The average molecular weight is 298 g/mol. The molecule has 1 spiro atoms. The molecule has 2 aliphatic heterocycles. The summed E-state index contributed by atoms with van der Waals surface area (Å²) < 4.78 is 43.4. The highest BCUT2D eigenvalue weighted by molar-refractivity contribution is 5.70. The second kappa shape index (κ2) is 5.02. The summed E-state index contributed by atoms with van der Waals surface area (Å²) in [6.45, 7) is 4.02. The predicted octanol–water partition coefficient (Wildman–Crippen LogP) is 3.27. The summed E-state index contributed by atoms with van der Waals surface area (Å²) >= 11 is 0. The molecular formula is C15H17F3N2O. The van der Waals surface area contributed by atoms with Crippen molar-refractivity contribution in [3.8, 4) is 5.75 Å². The Morgan fingerprint density at radius 1 is 1.33 bits per heavy atom. The molecule has 0 saturated carbocycles. The average Bonchev–Trinajstić information content (AvgIpc) is 2.40. The standard InChI is InChI=1S/C15H17F3N2O/c1-11-8-14(21-13-9-19-5-2-12(11)13)3-6-20(7-4-14)10-15(16,17)18/h2,5,9H,1,3-4,6-8,10H2. The molecule has 2 aliphatic rings. The summed E-state index contributed by atoms with van der Waals surface area (Å²) in [5.41, 5.74) is 1.51. The summed E-state index contributed by atoms with van der Waals surface area (Å²) in [5.74, 6) is 0.693. The van der Waals surface area contributed by atoms with Crippen LogP contribution >= 0.6 is 0 Å². The van der Waals surface area contributed by atoms with Crippen molar-refractivity contribution in [2.75, 3.05) is 19.6 Å². The van der Waals surface area contributed by atoms with Gasteiger partial charge in [-0.25, -0.2) is 0 Å². The van der Waals surface area contributed by atoms with Crippen LogP contribution in [0.15, 0.2) is 25.0 Å². The summed E-state index contributed by atoms with van der Waals surface area (Å²) in [7, 11) is 0. The fourth-order valence-electron chi connectivity index (χ4n) is 3.16. The van der Waals surface area contributed by atoms with E-state index in [0.29, 0.717) is 38.1 Å². The predicted molar refractivity (Wildman–Crippen MR) is 73.0 cm³/mol. The number of fused-ring (bicyclic) bond motifs is 1. The molecule has 0 amide bonds. The van der Waals surface area contributed by atoms with Gasteiger partial charge in [-0.05, 0) is 11.6 Å². The molecule has 0 N–H and O–H groups in total. The molecular weight excluding hydrogens is 281 g/mol. The van der Waals surface area contributed by atoms with E-state index in [-0.39, 0.29) is 0 Å². The van der Waals surface area contributed by atoms with Crippen LogP contribution in [-0.2, 0) is 0 Å². The van der Waals surface area contributed by atoms with Gasteiger partial charge in [-0.2, -0.15) is 13.2 Å². The SMILES string of the molecule is C=C1CC2(CCN(CC(F)(F)F)CC2)Oc2cnccc21. The third-order valence-corrected chi connectivity index (χ3v) is 4.20. The molecule has 0 bridgehead atoms. The zero-order valence-corrected chi connectivity index (χ0v) is 11.6. The second-order valence-electron chi connectivity index (χ2n) is 5.83. The Kier molecular flexibility index (Phi) is 3.43. The number of likely N-dealkylation sites (tertiary alicyclic amines) is 1. The molecule has 0 aliphatic carbocycles. The third kappa shape index (κ3) is 3.05. The van der Waals surface area contributed by atoms with Crippen LogP contribution in [0.4, 0.5) is 13.2 Å². The Bertz CT molecular complexity index is 548. The van der Waals surface area contributed by atoms with Gasteiger partial charge in [0, 0.05) is 44.1 Å². The summed E-state index contributed by atoms with van der Waals surface area (Å²) in [4.78, 5) is 5.49. The number of rotatable bonds is 1. The molecule has 0 radical (unpaired) electrons. The lowest BCUT2D eigenvalue weighted by Gasteiger charge is -2.45. The smallest absolute Gasteiger partial charge is 0.401 e. The van der Waals surface area contributed by atoms with Crippen molar-refractivity contribution < 1.29 is 17.9 Å². The first-order valence-corrected chi connectivity index (χ1v) is 6.97. The van der Waals surface area contributed by atoms with E-state index in [1.807, 2.05) is 6.07 Å². The monoisotopic (exact) mass is 298 g/mol. The lowest BCUT2D eigenvalue weighted by atomic mass is 9.81. The number of piperidine rings is 1. The van der Waals surface area contributed by atoms with Crippen LogP contribution in [0.1, 0.15) is 24.8 Å². The van der Waals surface area contributed by atoms with E-state index in [1.165, 1.54) is 4.90 Å². The molecule has 1 aromatic rings. The Labute approximate surface area is 121 Å². The van der Waals surface area contributed by atoms with E-state index in [9.17, 15) is 13.2 Å². The number of ether oxygens (including phenoxy) is 1. The highest BCUT2D eigenvalue weighted by Crippen LogP contribution is 2.43. The molecule has 0 unspecified atom stereocenters. The molecule has 0 atom stereocenters. The van der Waals surface area contributed by atoms with Gasteiger partial charge in [0.15, 0.2) is 0 Å². The molecule has 1 saturated heterocycles. The van der Waals surface area contributed by atoms with Crippen LogP contribution in [0.25, 0.3) is 5.57 Å². The molecule has 1 fully saturated rings. The van der Waals surface area contributed by atoms with Gasteiger partial charge in [-0.1, -0.05) is 6.58 Å². The minimum absolute atomic E-state index is 0.391. The van der Waals surface area contributed by atoms with E-state index in [4.69, 9.17) is 4.74 Å². The van der Waals surface area contributed by atoms with Gasteiger partial charge in [0.2, 0.25) is 0 Å². The molecule has 3 nitrogen and oxygen atoms in total. The van der Waals surface area contributed by atoms with Crippen LogP contribution < -0.4 is 4.74 Å². The normalized spacial score (nSPS) is 22.0. The van der Waals surface area contributed by atoms with Crippen molar-refractivity contribution in [3.05, 3.63) is 30.6 Å². The Hall–Kier alpha value is -1.56. The molecule has 114 valence electrons. The summed E-state index contributed by atoms with van der Waals surface area (Å²) in [5, 5.41) is 0. The van der Waals surface area contributed by atoms with Gasteiger partial charge < -0.3 is 4.74 Å². The van der Waals surface area contributed by atoms with Gasteiger partial charge in [-0.3, -0.25) is 9.88 Å². The van der Waals surface area contributed by atoms with Crippen LogP contribution in [0.3, 0.4) is 0 Å².